The second-order valence-corrected chi connectivity index (χ2v) is 7.33. The Kier molecular flexibility index (Phi) is 3.12. The first kappa shape index (κ1) is 14.2. The molecule has 3 nitrogen and oxygen atoms in total. The molecule has 1 N–H and O–H groups in total. The lowest BCUT2D eigenvalue weighted by Crippen LogP contribution is -2.27. The first-order valence-corrected chi connectivity index (χ1v) is 7.62. The van der Waals surface area contributed by atoms with E-state index in [-0.39, 0.29) is 0 Å². The number of fused-ring (bicyclic) bond motifs is 3. The van der Waals surface area contributed by atoms with Crippen LogP contribution in [0.15, 0.2) is 18.2 Å². The fraction of sp³-hybridized carbons (Fsp3) is 0.500. The highest BCUT2D eigenvalue weighted by atomic mass is 16.4. The molecule has 2 aromatic rings. The highest BCUT2D eigenvalue weighted by Gasteiger charge is 2.31. The molecule has 0 saturated carbocycles. The van der Waals surface area contributed by atoms with Crippen molar-refractivity contribution in [2.45, 2.75) is 40.0 Å². The van der Waals surface area contributed by atoms with Crippen LogP contribution in [0.25, 0.3) is 10.9 Å². The summed E-state index contributed by atoms with van der Waals surface area (Å²) in [7, 11) is 2.10. The molecule has 1 aliphatic rings. The van der Waals surface area contributed by atoms with Crippen LogP contribution >= 0.6 is 0 Å². The second kappa shape index (κ2) is 4.62. The zero-order valence-electron chi connectivity index (χ0n) is 13.2. The molecule has 3 heteroatoms. The number of hydrogen-bond donors (Lipinski definition) is 1. The number of aryl methyl sites for hydroxylation is 1. The molecular formula is C18H23NO2. The Bertz CT molecular complexity index is 719. The summed E-state index contributed by atoms with van der Waals surface area (Å²) in [5, 5.41) is 10.4. The molecular weight excluding hydrogens is 262 g/mol. The highest BCUT2D eigenvalue weighted by molar-refractivity contribution is 5.95. The lowest BCUT2D eigenvalue weighted by atomic mass is 9.71. The van der Waals surface area contributed by atoms with E-state index in [1.807, 2.05) is 12.1 Å². The minimum absolute atomic E-state index is 0.296. The topological polar surface area (TPSA) is 42.2 Å². The van der Waals surface area contributed by atoms with Crippen molar-refractivity contribution in [2.75, 3.05) is 0 Å². The van der Waals surface area contributed by atoms with E-state index in [9.17, 15) is 9.90 Å². The maximum atomic E-state index is 11.2. The van der Waals surface area contributed by atoms with Gasteiger partial charge in [0.15, 0.2) is 0 Å². The van der Waals surface area contributed by atoms with E-state index in [1.165, 1.54) is 17.7 Å². The summed E-state index contributed by atoms with van der Waals surface area (Å²) in [5.41, 5.74) is 4.58. The summed E-state index contributed by atoms with van der Waals surface area (Å²) >= 11 is 0. The number of aromatic carboxylic acids is 1. The van der Waals surface area contributed by atoms with Gasteiger partial charge in [0.05, 0.1) is 5.56 Å². The summed E-state index contributed by atoms with van der Waals surface area (Å²) in [6.07, 6.45) is 3.36. The van der Waals surface area contributed by atoms with Gasteiger partial charge in [0.1, 0.15) is 0 Å². The fourth-order valence-electron chi connectivity index (χ4n) is 3.65. The Morgan fingerprint density at radius 1 is 1.33 bits per heavy atom. The number of benzene rings is 1. The molecule has 0 radical (unpaired) electrons. The van der Waals surface area contributed by atoms with Crippen LogP contribution in [0.2, 0.25) is 0 Å². The van der Waals surface area contributed by atoms with Gasteiger partial charge in [0.25, 0.3) is 0 Å². The standard InChI is InChI=1S/C18H23NO2/c1-18(2,3)12-6-8-16-14(10-12)13-9-11(17(20)21)5-7-15(13)19(16)4/h5,7,9,12H,6,8,10H2,1-4H3,(H,20,21). The van der Waals surface area contributed by atoms with Gasteiger partial charge in [0, 0.05) is 23.6 Å². The molecule has 0 spiro atoms. The van der Waals surface area contributed by atoms with Gasteiger partial charge in [-0.05, 0) is 54.4 Å². The molecule has 1 atom stereocenters. The normalized spacial score (nSPS) is 18.8. The lowest BCUT2D eigenvalue weighted by Gasteiger charge is -2.34. The molecule has 0 bridgehead atoms. The molecule has 1 aliphatic carbocycles. The van der Waals surface area contributed by atoms with Crippen molar-refractivity contribution in [3.63, 3.8) is 0 Å². The number of carbonyl (C=O) groups is 1. The smallest absolute Gasteiger partial charge is 0.335 e. The van der Waals surface area contributed by atoms with Crippen LogP contribution in [0.4, 0.5) is 0 Å². The van der Waals surface area contributed by atoms with Crippen molar-refractivity contribution in [2.24, 2.45) is 18.4 Å². The van der Waals surface area contributed by atoms with Gasteiger partial charge >= 0.3 is 5.97 Å². The molecule has 0 saturated heterocycles. The van der Waals surface area contributed by atoms with E-state index in [0.717, 1.165) is 23.7 Å². The summed E-state index contributed by atoms with van der Waals surface area (Å²) in [4.78, 5) is 11.2. The van der Waals surface area contributed by atoms with Gasteiger partial charge < -0.3 is 9.67 Å². The quantitative estimate of drug-likeness (QED) is 0.859. The number of rotatable bonds is 1. The van der Waals surface area contributed by atoms with Crippen LogP contribution in [-0.4, -0.2) is 15.6 Å². The molecule has 21 heavy (non-hydrogen) atoms. The SMILES string of the molecule is Cn1c2c(c3cc(C(=O)O)ccc31)CC(C(C)(C)C)CC2. The average Bonchev–Trinajstić information content (AvgIpc) is 2.70. The van der Waals surface area contributed by atoms with Crippen molar-refractivity contribution in [3.8, 4) is 0 Å². The summed E-state index contributed by atoms with van der Waals surface area (Å²) < 4.78 is 2.25. The largest absolute Gasteiger partial charge is 0.478 e. The Morgan fingerprint density at radius 3 is 2.67 bits per heavy atom. The van der Waals surface area contributed by atoms with E-state index >= 15 is 0 Å². The van der Waals surface area contributed by atoms with Gasteiger partial charge in [-0.2, -0.15) is 0 Å². The van der Waals surface area contributed by atoms with Crippen LogP contribution in [0.1, 0.15) is 48.8 Å². The van der Waals surface area contributed by atoms with Crippen LogP contribution in [0.3, 0.4) is 0 Å². The number of aromatic nitrogens is 1. The third-order valence-electron chi connectivity index (χ3n) is 5.09. The first-order chi connectivity index (χ1) is 9.79. The van der Waals surface area contributed by atoms with Gasteiger partial charge in [-0.3, -0.25) is 0 Å². The third kappa shape index (κ3) is 2.25. The number of carboxylic acids is 1. The molecule has 1 unspecified atom stereocenters. The summed E-state index contributed by atoms with van der Waals surface area (Å²) in [6, 6.07) is 5.50. The van der Waals surface area contributed by atoms with Crippen molar-refractivity contribution >= 4 is 16.9 Å². The zero-order valence-corrected chi connectivity index (χ0v) is 13.2. The first-order valence-electron chi connectivity index (χ1n) is 7.62. The van der Waals surface area contributed by atoms with Gasteiger partial charge in [-0.15, -0.1) is 0 Å². The van der Waals surface area contributed by atoms with Crippen molar-refractivity contribution in [1.82, 2.24) is 4.57 Å². The molecule has 1 aromatic heterocycles. The molecule has 1 aromatic carbocycles. The van der Waals surface area contributed by atoms with Crippen molar-refractivity contribution in [1.29, 1.82) is 0 Å². The van der Waals surface area contributed by atoms with E-state index < -0.39 is 5.97 Å². The van der Waals surface area contributed by atoms with E-state index in [4.69, 9.17) is 0 Å². The van der Waals surface area contributed by atoms with Crippen molar-refractivity contribution < 1.29 is 9.90 Å². The molecule has 0 amide bonds. The highest BCUT2D eigenvalue weighted by Crippen LogP contribution is 2.40. The van der Waals surface area contributed by atoms with Crippen LogP contribution < -0.4 is 0 Å². The lowest BCUT2D eigenvalue weighted by molar-refractivity contribution is 0.0697. The number of carboxylic acid groups (broad SMARTS) is 1. The summed E-state index contributed by atoms with van der Waals surface area (Å²) in [6.45, 7) is 6.91. The molecule has 0 aliphatic heterocycles. The van der Waals surface area contributed by atoms with Crippen molar-refractivity contribution in [3.05, 3.63) is 35.0 Å². The summed E-state index contributed by atoms with van der Waals surface area (Å²) in [5.74, 6) is -0.193. The Morgan fingerprint density at radius 2 is 2.05 bits per heavy atom. The van der Waals surface area contributed by atoms with E-state index in [2.05, 4.69) is 32.4 Å². The maximum absolute atomic E-state index is 11.2. The predicted molar refractivity (Wildman–Crippen MR) is 84.8 cm³/mol. The Labute approximate surface area is 125 Å². The fourth-order valence-corrected chi connectivity index (χ4v) is 3.65. The average molecular weight is 285 g/mol. The number of nitrogens with zero attached hydrogens (tertiary/aromatic N) is 1. The third-order valence-corrected chi connectivity index (χ3v) is 5.09. The van der Waals surface area contributed by atoms with Gasteiger partial charge in [0.2, 0.25) is 0 Å². The molecule has 1 heterocycles. The Hall–Kier alpha value is -1.77. The van der Waals surface area contributed by atoms with Crippen LogP contribution in [0, 0.1) is 11.3 Å². The van der Waals surface area contributed by atoms with Gasteiger partial charge in [-0.1, -0.05) is 20.8 Å². The predicted octanol–water partition coefficient (Wildman–Crippen LogP) is 4.03. The van der Waals surface area contributed by atoms with E-state index in [0.29, 0.717) is 16.9 Å². The zero-order chi connectivity index (χ0) is 15.4. The molecule has 112 valence electrons. The molecule has 3 rings (SSSR count). The van der Waals surface area contributed by atoms with Crippen LogP contribution in [-0.2, 0) is 19.9 Å². The minimum atomic E-state index is -0.849. The Balaban J connectivity index is 2.16. The monoisotopic (exact) mass is 285 g/mol. The van der Waals surface area contributed by atoms with E-state index in [1.54, 1.807) is 6.07 Å². The maximum Gasteiger partial charge on any atom is 0.335 e. The van der Waals surface area contributed by atoms with Crippen LogP contribution in [0.5, 0.6) is 0 Å². The molecule has 0 fully saturated rings. The number of hydrogen-bond acceptors (Lipinski definition) is 1. The second-order valence-electron chi connectivity index (χ2n) is 7.33. The minimum Gasteiger partial charge on any atom is -0.478 e. The van der Waals surface area contributed by atoms with Gasteiger partial charge in [-0.25, -0.2) is 4.79 Å².